The van der Waals surface area contributed by atoms with Gasteiger partial charge in [0.05, 0.1) is 12.7 Å². The van der Waals surface area contributed by atoms with Crippen molar-refractivity contribution in [2.75, 3.05) is 12.3 Å². The highest BCUT2D eigenvalue weighted by Gasteiger charge is 2.19. The van der Waals surface area contributed by atoms with Crippen molar-refractivity contribution in [1.82, 2.24) is 24.9 Å². The van der Waals surface area contributed by atoms with Crippen molar-refractivity contribution in [1.29, 1.82) is 0 Å². The van der Waals surface area contributed by atoms with Crippen LogP contribution >= 0.6 is 0 Å². The van der Waals surface area contributed by atoms with Gasteiger partial charge in [0.25, 0.3) is 5.91 Å². The van der Waals surface area contributed by atoms with Crippen LogP contribution in [0.25, 0.3) is 16.8 Å². The number of anilines is 1. The molecule has 1 fully saturated rings. The van der Waals surface area contributed by atoms with Crippen molar-refractivity contribution in [2.45, 2.75) is 45.3 Å². The van der Waals surface area contributed by atoms with Crippen molar-refractivity contribution in [3.05, 3.63) is 66.0 Å². The fourth-order valence-corrected chi connectivity index (χ4v) is 4.32. The molecule has 0 spiro atoms. The molecule has 0 radical (unpaired) electrons. The maximum Gasteiger partial charge on any atom is 0.257 e. The van der Waals surface area contributed by atoms with E-state index in [-0.39, 0.29) is 23.8 Å². The highest BCUT2D eigenvalue weighted by Crippen LogP contribution is 2.28. The smallest absolute Gasteiger partial charge is 0.257 e. The van der Waals surface area contributed by atoms with E-state index in [2.05, 4.69) is 20.4 Å². The van der Waals surface area contributed by atoms with Crippen LogP contribution in [0.15, 0.2) is 54.9 Å². The van der Waals surface area contributed by atoms with Crippen LogP contribution in [0, 0.1) is 0 Å². The Hall–Kier alpha value is -4.14. The molecule has 0 unspecified atom stereocenters. The van der Waals surface area contributed by atoms with E-state index in [1.54, 1.807) is 23.0 Å². The summed E-state index contributed by atoms with van der Waals surface area (Å²) in [6.07, 6.45) is 8.24. The number of pyridine rings is 2. The SMILES string of the molecule is CCOc1ncc(-c2ccn3nc(N)nc3c2)cc1C(=O)NCc1ccccc1OC1CCCC1. The van der Waals surface area contributed by atoms with Gasteiger partial charge in [-0.2, -0.15) is 4.98 Å². The summed E-state index contributed by atoms with van der Waals surface area (Å²) in [5.41, 5.74) is 9.20. The first-order valence-electron chi connectivity index (χ1n) is 11.9. The van der Waals surface area contributed by atoms with Crippen molar-refractivity contribution in [2.24, 2.45) is 0 Å². The normalized spacial score (nSPS) is 13.7. The van der Waals surface area contributed by atoms with Crippen molar-refractivity contribution in [3.8, 4) is 22.8 Å². The van der Waals surface area contributed by atoms with Crippen molar-refractivity contribution < 1.29 is 14.3 Å². The van der Waals surface area contributed by atoms with Crippen LogP contribution in [0.2, 0.25) is 0 Å². The van der Waals surface area contributed by atoms with E-state index in [0.29, 0.717) is 24.4 Å². The zero-order chi connectivity index (χ0) is 24.2. The molecule has 4 aromatic rings. The Morgan fingerprint density at radius 1 is 1.17 bits per heavy atom. The topological polar surface area (TPSA) is 117 Å². The molecule has 1 amide bonds. The van der Waals surface area contributed by atoms with Gasteiger partial charge in [-0.1, -0.05) is 18.2 Å². The third-order valence-electron chi connectivity index (χ3n) is 6.07. The summed E-state index contributed by atoms with van der Waals surface area (Å²) >= 11 is 0. The molecular formula is C26H28N6O3. The number of aromatic nitrogens is 4. The molecule has 9 heteroatoms. The minimum absolute atomic E-state index is 0.198. The summed E-state index contributed by atoms with van der Waals surface area (Å²) in [5.74, 6) is 1.03. The van der Waals surface area contributed by atoms with Gasteiger partial charge in [-0.3, -0.25) is 4.79 Å². The van der Waals surface area contributed by atoms with Gasteiger partial charge in [0, 0.05) is 30.1 Å². The minimum Gasteiger partial charge on any atom is -0.490 e. The highest BCUT2D eigenvalue weighted by atomic mass is 16.5. The zero-order valence-corrected chi connectivity index (χ0v) is 19.6. The second-order valence-corrected chi connectivity index (χ2v) is 8.51. The van der Waals surface area contributed by atoms with Crippen LogP contribution in [-0.4, -0.2) is 38.2 Å². The molecule has 0 saturated heterocycles. The molecule has 3 N–H and O–H groups in total. The van der Waals surface area contributed by atoms with E-state index in [0.717, 1.165) is 35.3 Å². The van der Waals surface area contributed by atoms with Crippen molar-refractivity contribution in [3.63, 3.8) is 0 Å². The quantitative estimate of drug-likeness (QED) is 0.398. The predicted octanol–water partition coefficient (Wildman–Crippen LogP) is 4.02. The second-order valence-electron chi connectivity index (χ2n) is 8.51. The molecule has 1 saturated carbocycles. The maximum atomic E-state index is 13.3. The first-order valence-corrected chi connectivity index (χ1v) is 11.9. The maximum absolute atomic E-state index is 13.3. The summed E-state index contributed by atoms with van der Waals surface area (Å²) in [6.45, 7) is 2.59. The molecule has 1 aliphatic carbocycles. The van der Waals surface area contributed by atoms with Crippen LogP contribution in [0.5, 0.6) is 11.6 Å². The Kier molecular flexibility index (Phi) is 6.47. The van der Waals surface area contributed by atoms with Crippen molar-refractivity contribution >= 4 is 17.5 Å². The third kappa shape index (κ3) is 5.03. The minimum atomic E-state index is -0.272. The molecule has 3 heterocycles. The Morgan fingerprint density at radius 2 is 2.00 bits per heavy atom. The number of carbonyl (C=O) groups is 1. The molecule has 9 nitrogen and oxygen atoms in total. The van der Waals surface area contributed by atoms with Crippen LogP contribution < -0.4 is 20.5 Å². The highest BCUT2D eigenvalue weighted by molar-refractivity contribution is 5.97. The Balaban J connectivity index is 1.37. The van der Waals surface area contributed by atoms with Crippen LogP contribution in [0.4, 0.5) is 5.95 Å². The van der Waals surface area contributed by atoms with Gasteiger partial charge in [-0.05, 0) is 62.4 Å². The molecule has 3 aromatic heterocycles. The summed E-state index contributed by atoms with van der Waals surface area (Å²) in [7, 11) is 0. The fourth-order valence-electron chi connectivity index (χ4n) is 4.32. The van der Waals surface area contributed by atoms with Gasteiger partial charge >= 0.3 is 0 Å². The zero-order valence-electron chi connectivity index (χ0n) is 19.6. The number of carbonyl (C=O) groups excluding carboxylic acids is 1. The summed E-state index contributed by atoms with van der Waals surface area (Å²) < 4.78 is 13.5. The van der Waals surface area contributed by atoms with Crippen LogP contribution in [-0.2, 0) is 6.54 Å². The van der Waals surface area contributed by atoms with Gasteiger partial charge in [0.1, 0.15) is 11.3 Å². The average molecular weight is 473 g/mol. The number of para-hydroxylation sites is 1. The second kappa shape index (κ2) is 10.0. The number of rotatable bonds is 8. The molecule has 0 atom stereocenters. The first kappa shape index (κ1) is 22.6. The van der Waals surface area contributed by atoms with Crippen LogP contribution in [0.3, 0.4) is 0 Å². The lowest BCUT2D eigenvalue weighted by Gasteiger charge is -2.17. The Morgan fingerprint density at radius 3 is 2.83 bits per heavy atom. The lowest BCUT2D eigenvalue weighted by molar-refractivity contribution is 0.0945. The molecule has 1 aromatic carbocycles. The monoisotopic (exact) mass is 472 g/mol. The van der Waals surface area contributed by atoms with E-state index < -0.39 is 0 Å². The largest absolute Gasteiger partial charge is 0.490 e. The predicted molar refractivity (Wildman–Crippen MR) is 132 cm³/mol. The fraction of sp³-hybridized carbons (Fsp3) is 0.308. The number of nitrogens with one attached hydrogen (secondary N) is 1. The molecule has 1 aliphatic rings. The standard InChI is InChI=1S/C26H28N6O3/c1-2-34-25-21(13-19(16-29-25)17-11-12-32-23(14-17)30-26(27)31-32)24(33)28-15-18-7-3-6-10-22(18)35-20-8-4-5-9-20/h3,6-7,10-14,16,20H,2,4-5,8-9,15H2,1H3,(H2,27,31)(H,28,33). The van der Waals surface area contributed by atoms with Crippen LogP contribution in [0.1, 0.15) is 48.5 Å². The van der Waals surface area contributed by atoms with Gasteiger partial charge in [0.2, 0.25) is 11.8 Å². The number of nitrogens with zero attached hydrogens (tertiary/aromatic N) is 4. The number of nitrogens with two attached hydrogens (primary N) is 1. The van der Waals surface area contributed by atoms with E-state index in [1.165, 1.54) is 12.8 Å². The lowest BCUT2D eigenvalue weighted by Crippen LogP contribution is -2.24. The lowest BCUT2D eigenvalue weighted by atomic mass is 10.1. The molecule has 0 aliphatic heterocycles. The van der Waals surface area contributed by atoms with Gasteiger partial charge in [0.15, 0.2) is 5.65 Å². The first-order chi connectivity index (χ1) is 17.1. The number of nitrogen functional groups attached to an aromatic ring is 1. The summed E-state index contributed by atoms with van der Waals surface area (Å²) in [4.78, 5) is 21.9. The van der Waals surface area contributed by atoms with Gasteiger partial charge in [-0.15, -0.1) is 5.10 Å². The van der Waals surface area contributed by atoms with Gasteiger partial charge < -0.3 is 20.5 Å². The Labute approximate surface area is 203 Å². The Bertz CT molecular complexity index is 1350. The van der Waals surface area contributed by atoms with Gasteiger partial charge in [-0.25, -0.2) is 9.50 Å². The number of hydrogen-bond acceptors (Lipinski definition) is 7. The molecule has 5 rings (SSSR count). The number of amides is 1. The van der Waals surface area contributed by atoms with E-state index >= 15 is 0 Å². The number of ether oxygens (including phenoxy) is 2. The summed E-state index contributed by atoms with van der Waals surface area (Å²) in [5, 5.41) is 7.11. The average Bonchev–Trinajstić information content (AvgIpc) is 3.51. The molecule has 180 valence electrons. The molecule has 35 heavy (non-hydrogen) atoms. The van der Waals surface area contributed by atoms with E-state index in [4.69, 9.17) is 15.2 Å². The van der Waals surface area contributed by atoms with E-state index in [1.807, 2.05) is 43.3 Å². The van der Waals surface area contributed by atoms with E-state index in [9.17, 15) is 4.79 Å². The molecule has 0 bridgehead atoms. The molecular weight excluding hydrogens is 444 g/mol. The number of fused-ring (bicyclic) bond motifs is 1. The number of benzene rings is 1. The third-order valence-corrected chi connectivity index (χ3v) is 6.07. The number of hydrogen-bond donors (Lipinski definition) is 2. The summed E-state index contributed by atoms with van der Waals surface area (Å²) in [6, 6.07) is 13.3.